The standard InChI is InChI=1S/C20H13Cl2N3O2/c1-12(26)11-25-20(27)17(10-23)18(13-2-6-15(21)7-3-13)19(24-25)14-4-8-16(22)9-5-14/h2-9H,11H2,1H3. The second-order valence-corrected chi connectivity index (χ2v) is 6.76. The molecule has 0 N–H and O–H groups in total. The van der Waals surface area contributed by atoms with E-state index >= 15 is 0 Å². The maximum absolute atomic E-state index is 12.7. The van der Waals surface area contributed by atoms with Crippen LogP contribution in [-0.2, 0) is 11.3 Å². The largest absolute Gasteiger partial charge is 0.298 e. The monoisotopic (exact) mass is 397 g/mol. The lowest BCUT2D eigenvalue weighted by Gasteiger charge is -2.14. The lowest BCUT2D eigenvalue weighted by molar-refractivity contribution is -0.117. The summed E-state index contributed by atoms with van der Waals surface area (Å²) in [6.45, 7) is 1.14. The van der Waals surface area contributed by atoms with Gasteiger partial charge in [-0.2, -0.15) is 10.4 Å². The fraction of sp³-hybridized carbons (Fsp3) is 0.100. The Hall–Kier alpha value is -2.94. The van der Waals surface area contributed by atoms with Crippen molar-refractivity contribution in [3.63, 3.8) is 0 Å². The van der Waals surface area contributed by atoms with Crippen molar-refractivity contribution in [2.24, 2.45) is 0 Å². The lowest BCUT2D eigenvalue weighted by Crippen LogP contribution is -2.29. The summed E-state index contributed by atoms with van der Waals surface area (Å²) in [6.07, 6.45) is 0. The fourth-order valence-electron chi connectivity index (χ4n) is 2.70. The van der Waals surface area contributed by atoms with Crippen LogP contribution in [0.25, 0.3) is 22.4 Å². The number of nitriles is 1. The van der Waals surface area contributed by atoms with Crippen LogP contribution in [0.1, 0.15) is 12.5 Å². The van der Waals surface area contributed by atoms with Crippen molar-refractivity contribution in [1.82, 2.24) is 9.78 Å². The second kappa shape index (κ2) is 7.75. The van der Waals surface area contributed by atoms with Gasteiger partial charge in [0.05, 0.1) is 0 Å². The van der Waals surface area contributed by atoms with Crippen molar-refractivity contribution in [3.8, 4) is 28.5 Å². The number of carbonyl (C=O) groups excluding carboxylic acids is 1. The molecule has 3 aromatic rings. The van der Waals surface area contributed by atoms with E-state index in [1.54, 1.807) is 48.5 Å². The van der Waals surface area contributed by atoms with E-state index in [9.17, 15) is 14.9 Å². The maximum atomic E-state index is 12.7. The third-order valence-corrected chi connectivity index (χ3v) is 4.39. The Morgan fingerprint density at radius 3 is 2.04 bits per heavy atom. The van der Waals surface area contributed by atoms with E-state index in [4.69, 9.17) is 23.2 Å². The van der Waals surface area contributed by atoms with Crippen LogP contribution in [0.2, 0.25) is 10.0 Å². The molecule has 0 bridgehead atoms. The summed E-state index contributed by atoms with van der Waals surface area (Å²) in [7, 11) is 0. The third-order valence-electron chi connectivity index (χ3n) is 3.89. The van der Waals surface area contributed by atoms with Gasteiger partial charge in [-0.1, -0.05) is 47.5 Å². The number of benzene rings is 2. The average Bonchev–Trinajstić information content (AvgIpc) is 2.64. The molecular weight excluding hydrogens is 385 g/mol. The smallest absolute Gasteiger partial charge is 0.285 e. The van der Waals surface area contributed by atoms with Gasteiger partial charge in [0.15, 0.2) is 5.78 Å². The molecule has 0 aliphatic carbocycles. The van der Waals surface area contributed by atoms with Gasteiger partial charge in [-0.05, 0) is 36.8 Å². The van der Waals surface area contributed by atoms with Crippen LogP contribution in [0.5, 0.6) is 0 Å². The number of hydrogen-bond acceptors (Lipinski definition) is 4. The highest BCUT2D eigenvalue weighted by Crippen LogP contribution is 2.33. The number of nitrogens with zero attached hydrogens (tertiary/aromatic N) is 3. The van der Waals surface area contributed by atoms with E-state index < -0.39 is 5.56 Å². The molecule has 2 aromatic carbocycles. The van der Waals surface area contributed by atoms with Crippen LogP contribution in [-0.4, -0.2) is 15.6 Å². The van der Waals surface area contributed by atoms with Crippen LogP contribution >= 0.6 is 23.2 Å². The van der Waals surface area contributed by atoms with Crippen molar-refractivity contribution in [3.05, 3.63) is 74.5 Å². The number of carbonyl (C=O) groups is 1. The molecule has 27 heavy (non-hydrogen) atoms. The normalized spacial score (nSPS) is 10.4. The third kappa shape index (κ3) is 3.92. The molecule has 0 atom stereocenters. The first-order valence-corrected chi connectivity index (χ1v) is 8.73. The van der Waals surface area contributed by atoms with E-state index in [0.717, 1.165) is 4.68 Å². The van der Waals surface area contributed by atoms with Gasteiger partial charge in [0.25, 0.3) is 5.56 Å². The van der Waals surface area contributed by atoms with Crippen LogP contribution in [0, 0.1) is 11.3 Å². The number of hydrogen-bond donors (Lipinski definition) is 0. The Morgan fingerprint density at radius 1 is 1.04 bits per heavy atom. The van der Waals surface area contributed by atoms with Gasteiger partial charge in [-0.25, -0.2) is 4.68 Å². The first kappa shape index (κ1) is 18.8. The Morgan fingerprint density at radius 2 is 1.56 bits per heavy atom. The van der Waals surface area contributed by atoms with Gasteiger partial charge in [-0.3, -0.25) is 9.59 Å². The van der Waals surface area contributed by atoms with Gasteiger partial charge >= 0.3 is 0 Å². The molecule has 0 amide bonds. The zero-order valence-corrected chi connectivity index (χ0v) is 15.8. The van der Waals surface area contributed by atoms with Crippen molar-refractivity contribution >= 4 is 29.0 Å². The summed E-state index contributed by atoms with van der Waals surface area (Å²) in [5.74, 6) is -0.241. The molecule has 7 heteroatoms. The molecule has 0 saturated heterocycles. The summed E-state index contributed by atoms with van der Waals surface area (Å²) in [4.78, 5) is 24.2. The Kier molecular flexibility index (Phi) is 5.41. The molecular formula is C20H13Cl2N3O2. The quantitative estimate of drug-likeness (QED) is 0.655. The predicted octanol–water partition coefficient (Wildman–Crippen LogP) is 4.34. The number of Topliss-reactive ketones (excluding diaryl/α,β-unsaturated/α-hetero) is 1. The van der Waals surface area contributed by atoms with Crippen LogP contribution in [0.15, 0.2) is 53.3 Å². The van der Waals surface area contributed by atoms with Crippen molar-refractivity contribution in [1.29, 1.82) is 5.26 Å². The molecule has 5 nitrogen and oxygen atoms in total. The lowest BCUT2D eigenvalue weighted by atomic mass is 9.96. The number of aromatic nitrogens is 2. The van der Waals surface area contributed by atoms with Gasteiger partial charge in [0.1, 0.15) is 23.9 Å². The number of ketones is 1. The first-order chi connectivity index (χ1) is 12.9. The minimum Gasteiger partial charge on any atom is -0.298 e. The topological polar surface area (TPSA) is 75.8 Å². The molecule has 0 fully saturated rings. The maximum Gasteiger partial charge on any atom is 0.285 e. The van der Waals surface area contributed by atoms with Gasteiger partial charge in [0.2, 0.25) is 0 Å². The minimum atomic E-state index is -0.615. The number of rotatable bonds is 4. The summed E-state index contributed by atoms with van der Waals surface area (Å²) >= 11 is 11.9. The average molecular weight is 398 g/mol. The van der Waals surface area contributed by atoms with Crippen molar-refractivity contribution < 1.29 is 4.79 Å². The van der Waals surface area contributed by atoms with E-state index in [1.807, 2.05) is 6.07 Å². The minimum absolute atomic E-state index is 0.0847. The van der Waals surface area contributed by atoms with E-state index in [0.29, 0.717) is 32.4 Å². The van der Waals surface area contributed by atoms with Crippen LogP contribution in [0.4, 0.5) is 0 Å². The molecule has 0 aliphatic rings. The summed E-state index contributed by atoms with van der Waals surface area (Å²) in [5.41, 5.74) is 1.39. The van der Waals surface area contributed by atoms with Gasteiger partial charge in [0, 0.05) is 21.2 Å². The molecule has 1 heterocycles. The van der Waals surface area contributed by atoms with Gasteiger partial charge < -0.3 is 0 Å². The predicted molar refractivity (Wildman–Crippen MR) is 105 cm³/mol. The van der Waals surface area contributed by atoms with E-state index in [2.05, 4.69) is 5.10 Å². The molecule has 0 unspecified atom stereocenters. The summed E-state index contributed by atoms with van der Waals surface area (Å²) in [5, 5.41) is 15.1. The van der Waals surface area contributed by atoms with Crippen molar-refractivity contribution in [2.45, 2.75) is 13.5 Å². The SMILES string of the molecule is CC(=O)Cn1nc(-c2ccc(Cl)cc2)c(-c2ccc(Cl)cc2)c(C#N)c1=O. The molecule has 0 saturated carbocycles. The summed E-state index contributed by atoms with van der Waals surface area (Å²) in [6, 6.07) is 15.6. The van der Waals surface area contributed by atoms with Crippen molar-refractivity contribution in [2.75, 3.05) is 0 Å². The number of halogens is 2. The second-order valence-electron chi connectivity index (χ2n) is 5.89. The molecule has 0 radical (unpaired) electrons. The Balaban J connectivity index is 2.38. The highest BCUT2D eigenvalue weighted by Gasteiger charge is 2.20. The van der Waals surface area contributed by atoms with E-state index in [1.165, 1.54) is 6.92 Å². The zero-order chi connectivity index (χ0) is 19.6. The Bertz CT molecular complexity index is 1110. The van der Waals surface area contributed by atoms with Gasteiger partial charge in [-0.15, -0.1) is 0 Å². The highest BCUT2D eigenvalue weighted by atomic mass is 35.5. The summed E-state index contributed by atoms with van der Waals surface area (Å²) < 4.78 is 1.02. The van der Waals surface area contributed by atoms with E-state index in [-0.39, 0.29) is 17.9 Å². The molecule has 134 valence electrons. The van der Waals surface area contributed by atoms with Crippen LogP contribution in [0.3, 0.4) is 0 Å². The molecule has 1 aromatic heterocycles. The fourth-order valence-corrected chi connectivity index (χ4v) is 2.95. The molecule has 3 rings (SSSR count). The highest BCUT2D eigenvalue weighted by molar-refractivity contribution is 6.31. The van der Waals surface area contributed by atoms with Crippen LogP contribution < -0.4 is 5.56 Å². The first-order valence-electron chi connectivity index (χ1n) is 7.97. The Labute approximate surface area is 165 Å². The molecule has 0 spiro atoms. The molecule has 0 aliphatic heterocycles. The zero-order valence-electron chi connectivity index (χ0n) is 14.2.